The van der Waals surface area contributed by atoms with E-state index in [0.717, 1.165) is 0 Å². The molecule has 0 aromatic carbocycles. The minimum absolute atomic E-state index is 0.0679. The Kier molecular flexibility index (Phi) is 6.55. The largest absolute Gasteiger partial charge is 0.383 e. The molecular weight excluding hydrogens is 352 g/mol. The standard InChI is InChI=1S/C17H28N6O4/c1-10-8-12(20-15(26)14(25)18-6-7-27-5)23(22-10)16-19-11(17(2,3)4)9-13(24)21-16/h8,11,16,19H,6-7,9H2,1-5H3,(H,18,25)(H,20,26)(H,21,24). The lowest BCUT2D eigenvalue weighted by Gasteiger charge is -2.39. The molecule has 0 spiro atoms. The zero-order valence-electron chi connectivity index (χ0n) is 16.4. The lowest BCUT2D eigenvalue weighted by molar-refractivity contribution is -0.136. The van der Waals surface area contributed by atoms with Crippen molar-refractivity contribution in [2.24, 2.45) is 5.41 Å². The predicted octanol–water partition coefficient (Wildman–Crippen LogP) is -0.127. The first kappa shape index (κ1) is 20.8. The Hall–Kier alpha value is -2.46. The smallest absolute Gasteiger partial charge is 0.314 e. The van der Waals surface area contributed by atoms with Gasteiger partial charge >= 0.3 is 11.8 Å². The summed E-state index contributed by atoms with van der Waals surface area (Å²) in [4.78, 5) is 36.1. The molecule has 1 saturated heterocycles. The summed E-state index contributed by atoms with van der Waals surface area (Å²) in [6, 6.07) is 1.57. The Morgan fingerprint density at radius 3 is 2.70 bits per heavy atom. The summed E-state index contributed by atoms with van der Waals surface area (Å²) in [6.07, 6.45) is -0.278. The van der Waals surface area contributed by atoms with Crippen molar-refractivity contribution < 1.29 is 19.1 Å². The van der Waals surface area contributed by atoms with Gasteiger partial charge in [0.1, 0.15) is 5.82 Å². The molecule has 3 amide bonds. The number of carbonyl (C=O) groups is 3. The number of amides is 3. The van der Waals surface area contributed by atoms with Gasteiger partial charge in [0, 0.05) is 32.2 Å². The quantitative estimate of drug-likeness (QED) is 0.416. The minimum Gasteiger partial charge on any atom is -0.383 e. The van der Waals surface area contributed by atoms with Crippen LogP contribution in [0.2, 0.25) is 0 Å². The van der Waals surface area contributed by atoms with Crippen LogP contribution in [0.25, 0.3) is 0 Å². The van der Waals surface area contributed by atoms with Crippen LogP contribution in [0.4, 0.5) is 5.82 Å². The Morgan fingerprint density at radius 2 is 2.07 bits per heavy atom. The van der Waals surface area contributed by atoms with Gasteiger partial charge in [-0.3, -0.25) is 19.7 Å². The van der Waals surface area contributed by atoms with Gasteiger partial charge in [0.15, 0.2) is 6.29 Å². The van der Waals surface area contributed by atoms with E-state index in [9.17, 15) is 14.4 Å². The Labute approximate surface area is 158 Å². The van der Waals surface area contributed by atoms with Crippen LogP contribution in [0.3, 0.4) is 0 Å². The van der Waals surface area contributed by atoms with E-state index in [-0.39, 0.29) is 23.9 Å². The maximum atomic E-state index is 12.1. The van der Waals surface area contributed by atoms with Gasteiger partial charge < -0.3 is 20.7 Å². The van der Waals surface area contributed by atoms with Gasteiger partial charge in [-0.25, -0.2) is 4.68 Å². The molecule has 0 radical (unpaired) electrons. The van der Waals surface area contributed by atoms with Crippen molar-refractivity contribution in [3.05, 3.63) is 11.8 Å². The lowest BCUT2D eigenvalue weighted by atomic mass is 9.84. The van der Waals surface area contributed by atoms with E-state index in [0.29, 0.717) is 24.5 Å². The first-order valence-electron chi connectivity index (χ1n) is 8.81. The van der Waals surface area contributed by atoms with Crippen molar-refractivity contribution >= 4 is 23.5 Å². The van der Waals surface area contributed by atoms with Crippen molar-refractivity contribution in [3.63, 3.8) is 0 Å². The molecule has 27 heavy (non-hydrogen) atoms. The molecule has 1 fully saturated rings. The molecule has 4 N–H and O–H groups in total. The molecule has 1 aromatic heterocycles. The van der Waals surface area contributed by atoms with Gasteiger partial charge in [-0.1, -0.05) is 20.8 Å². The second kappa shape index (κ2) is 8.49. The molecule has 0 saturated carbocycles. The van der Waals surface area contributed by atoms with Crippen LogP contribution in [0, 0.1) is 12.3 Å². The van der Waals surface area contributed by atoms with Crippen molar-refractivity contribution in [2.75, 3.05) is 25.6 Å². The predicted molar refractivity (Wildman–Crippen MR) is 98.7 cm³/mol. The van der Waals surface area contributed by atoms with Gasteiger partial charge in [-0.2, -0.15) is 5.10 Å². The molecule has 1 aliphatic rings. The second-order valence-corrected chi connectivity index (χ2v) is 7.58. The molecule has 1 aromatic rings. The maximum Gasteiger partial charge on any atom is 0.314 e. The van der Waals surface area contributed by atoms with Gasteiger partial charge in [-0.15, -0.1) is 0 Å². The summed E-state index contributed by atoms with van der Waals surface area (Å²) in [5, 5.41) is 15.5. The zero-order valence-corrected chi connectivity index (χ0v) is 16.4. The number of carbonyl (C=O) groups excluding carboxylic acids is 3. The van der Waals surface area contributed by atoms with Crippen LogP contribution in [-0.2, 0) is 19.1 Å². The highest BCUT2D eigenvalue weighted by Crippen LogP contribution is 2.26. The Morgan fingerprint density at radius 1 is 1.37 bits per heavy atom. The SMILES string of the molecule is COCCNC(=O)C(=O)Nc1cc(C)nn1C1NC(=O)CC(C(C)(C)C)N1. The fourth-order valence-corrected chi connectivity index (χ4v) is 2.70. The summed E-state index contributed by atoms with van der Waals surface area (Å²) in [5.41, 5.74) is 0.502. The van der Waals surface area contributed by atoms with E-state index < -0.39 is 18.1 Å². The number of anilines is 1. The Bertz CT molecular complexity index is 709. The average molecular weight is 380 g/mol. The van der Waals surface area contributed by atoms with Crippen LogP contribution < -0.4 is 21.3 Å². The molecule has 2 unspecified atom stereocenters. The van der Waals surface area contributed by atoms with Crippen LogP contribution in [0.1, 0.15) is 39.2 Å². The zero-order chi connectivity index (χ0) is 20.2. The van der Waals surface area contributed by atoms with E-state index in [2.05, 4.69) is 26.4 Å². The topological polar surface area (TPSA) is 126 Å². The fraction of sp³-hybridized carbons (Fsp3) is 0.647. The van der Waals surface area contributed by atoms with Crippen molar-refractivity contribution in [2.45, 2.75) is 46.4 Å². The van der Waals surface area contributed by atoms with Gasteiger partial charge in [0.05, 0.1) is 12.3 Å². The third kappa shape index (κ3) is 5.51. The molecule has 0 aliphatic carbocycles. The molecule has 1 aliphatic heterocycles. The maximum absolute atomic E-state index is 12.1. The van der Waals surface area contributed by atoms with Gasteiger partial charge in [-0.05, 0) is 12.3 Å². The molecule has 0 bridgehead atoms. The first-order valence-corrected chi connectivity index (χ1v) is 8.81. The number of rotatable bonds is 5. The van der Waals surface area contributed by atoms with E-state index >= 15 is 0 Å². The van der Waals surface area contributed by atoms with Crippen molar-refractivity contribution in [1.29, 1.82) is 0 Å². The molecular formula is C17H28N6O4. The second-order valence-electron chi connectivity index (χ2n) is 7.58. The van der Waals surface area contributed by atoms with Crippen LogP contribution in [0.5, 0.6) is 0 Å². The van der Waals surface area contributed by atoms with Crippen LogP contribution in [-0.4, -0.2) is 53.8 Å². The van der Waals surface area contributed by atoms with Crippen LogP contribution in [0.15, 0.2) is 6.07 Å². The number of hydrogen-bond acceptors (Lipinski definition) is 6. The third-order valence-electron chi connectivity index (χ3n) is 4.23. The number of aromatic nitrogens is 2. The molecule has 10 heteroatoms. The molecule has 2 atom stereocenters. The summed E-state index contributed by atoms with van der Waals surface area (Å²) in [6.45, 7) is 8.43. The average Bonchev–Trinajstić information content (AvgIpc) is 2.94. The van der Waals surface area contributed by atoms with Gasteiger partial charge in [0.2, 0.25) is 5.91 Å². The molecule has 10 nitrogen and oxygen atoms in total. The summed E-state index contributed by atoms with van der Waals surface area (Å²) >= 11 is 0. The van der Waals surface area contributed by atoms with E-state index in [4.69, 9.17) is 4.74 Å². The third-order valence-corrected chi connectivity index (χ3v) is 4.23. The lowest BCUT2D eigenvalue weighted by Crippen LogP contribution is -2.57. The molecule has 2 heterocycles. The molecule has 2 rings (SSSR count). The highest BCUT2D eigenvalue weighted by atomic mass is 16.5. The number of nitrogens with one attached hydrogen (secondary N) is 4. The first-order chi connectivity index (χ1) is 12.6. The summed E-state index contributed by atoms with van der Waals surface area (Å²) in [5.74, 6) is -1.39. The minimum atomic E-state index is -0.818. The summed E-state index contributed by atoms with van der Waals surface area (Å²) < 4.78 is 6.29. The number of hydrogen-bond donors (Lipinski definition) is 4. The fourth-order valence-electron chi connectivity index (χ4n) is 2.70. The monoisotopic (exact) mass is 380 g/mol. The number of methoxy groups -OCH3 is 1. The number of aryl methyl sites for hydroxylation is 1. The van der Waals surface area contributed by atoms with Crippen LogP contribution >= 0.6 is 0 Å². The van der Waals surface area contributed by atoms with E-state index in [1.165, 1.54) is 11.8 Å². The van der Waals surface area contributed by atoms with Crippen molar-refractivity contribution in [3.8, 4) is 0 Å². The normalized spacial score (nSPS) is 20.1. The van der Waals surface area contributed by atoms with E-state index in [1.807, 2.05) is 20.8 Å². The highest BCUT2D eigenvalue weighted by molar-refractivity contribution is 6.39. The number of ether oxygens (including phenoxy) is 1. The van der Waals surface area contributed by atoms with E-state index in [1.54, 1.807) is 13.0 Å². The van der Waals surface area contributed by atoms with Gasteiger partial charge in [0.25, 0.3) is 0 Å². The van der Waals surface area contributed by atoms with Crippen molar-refractivity contribution in [1.82, 2.24) is 25.7 Å². The molecule has 150 valence electrons. The summed E-state index contributed by atoms with van der Waals surface area (Å²) in [7, 11) is 1.50. The Balaban J connectivity index is 2.14. The number of nitrogens with zero attached hydrogens (tertiary/aromatic N) is 2. The highest BCUT2D eigenvalue weighted by Gasteiger charge is 2.35.